The fourth-order valence-corrected chi connectivity index (χ4v) is 0.651. The van der Waals surface area contributed by atoms with E-state index in [1.54, 1.807) is 13.2 Å². The van der Waals surface area contributed by atoms with E-state index in [4.69, 9.17) is 9.84 Å². The molecule has 1 rings (SSSR count). The Morgan fingerprint density at radius 3 is 2.80 bits per heavy atom. The molecular formula is C8H9O2. The topological polar surface area (TPSA) is 29.5 Å². The summed E-state index contributed by atoms with van der Waals surface area (Å²) in [6.07, 6.45) is 0. The molecule has 0 heterocycles. The second kappa shape index (κ2) is 2.60. The van der Waals surface area contributed by atoms with Crippen LogP contribution in [0.5, 0.6) is 11.5 Å². The van der Waals surface area contributed by atoms with Gasteiger partial charge in [0.2, 0.25) is 0 Å². The fourth-order valence-electron chi connectivity index (χ4n) is 0.651. The van der Waals surface area contributed by atoms with Crippen LogP contribution >= 0.6 is 0 Å². The number of phenols is 1. The van der Waals surface area contributed by atoms with Crippen molar-refractivity contribution in [2.45, 2.75) is 6.92 Å². The zero-order valence-corrected chi connectivity index (χ0v) is 6.01. The van der Waals surface area contributed by atoms with Crippen molar-refractivity contribution in [3.05, 3.63) is 23.8 Å². The van der Waals surface area contributed by atoms with Crippen LogP contribution < -0.4 is 4.74 Å². The van der Waals surface area contributed by atoms with Crippen LogP contribution in [0.3, 0.4) is 0 Å². The maximum atomic E-state index is 9.13. The molecule has 1 aromatic rings. The summed E-state index contributed by atoms with van der Waals surface area (Å²) in [5.41, 5.74) is 0.806. The lowest BCUT2D eigenvalue weighted by molar-refractivity contribution is 0.406. The first-order valence-electron chi connectivity index (χ1n) is 2.99. The lowest BCUT2D eigenvalue weighted by atomic mass is 10.2. The first-order chi connectivity index (χ1) is 4.74. The van der Waals surface area contributed by atoms with E-state index < -0.39 is 0 Å². The van der Waals surface area contributed by atoms with Crippen molar-refractivity contribution in [1.29, 1.82) is 0 Å². The Balaban J connectivity index is 3.04. The molecule has 0 aliphatic heterocycles. The van der Waals surface area contributed by atoms with Gasteiger partial charge in [-0.05, 0) is 18.6 Å². The lowest BCUT2D eigenvalue weighted by Gasteiger charge is -2.00. The molecule has 1 aromatic carbocycles. The van der Waals surface area contributed by atoms with Crippen molar-refractivity contribution in [1.82, 2.24) is 0 Å². The molecule has 0 fully saturated rings. The van der Waals surface area contributed by atoms with Gasteiger partial charge in [0.15, 0.2) is 0 Å². The van der Waals surface area contributed by atoms with Crippen molar-refractivity contribution in [2.24, 2.45) is 0 Å². The van der Waals surface area contributed by atoms with Crippen molar-refractivity contribution in [3.8, 4) is 11.5 Å². The van der Waals surface area contributed by atoms with E-state index in [-0.39, 0.29) is 5.75 Å². The van der Waals surface area contributed by atoms with E-state index in [1.165, 1.54) is 6.07 Å². The van der Waals surface area contributed by atoms with E-state index in [0.717, 1.165) is 5.56 Å². The van der Waals surface area contributed by atoms with Gasteiger partial charge in [0.1, 0.15) is 11.5 Å². The second-order valence-corrected chi connectivity index (χ2v) is 2.07. The lowest BCUT2D eigenvalue weighted by Crippen LogP contribution is -1.82. The van der Waals surface area contributed by atoms with Gasteiger partial charge in [-0.1, -0.05) is 0 Å². The highest BCUT2D eigenvalue weighted by Gasteiger charge is 1.96. The number of methoxy groups -OCH3 is 1. The third-order valence-electron chi connectivity index (χ3n) is 1.32. The number of hydrogen-bond acceptors (Lipinski definition) is 2. The van der Waals surface area contributed by atoms with Crippen LogP contribution in [-0.4, -0.2) is 12.2 Å². The van der Waals surface area contributed by atoms with Gasteiger partial charge < -0.3 is 9.84 Å². The smallest absolute Gasteiger partial charge is 0.130 e. The van der Waals surface area contributed by atoms with Gasteiger partial charge in [0.05, 0.1) is 7.11 Å². The summed E-state index contributed by atoms with van der Waals surface area (Å²) < 4.78 is 4.83. The molecule has 0 saturated heterocycles. The highest BCUT2D eigenvalue weighted by atomic mass is 16.5. The fraction of sp³-hybridized carbons (Fsp3) is 0.250. The number of aromatic hydroxyl groups is 1. The average molecular weight is 137 g/mol. The summed E-state index contributed by atoms with van der Waals surface area (Å²) in [7, 11) is 1.54. The van der Waals surface area contributed by atoms with Crippen molar-refractivity contribution < 1.29 is 9.84 Å². The molecule has 0 spiro atoms. The third kappa shape index (κ3) is 1.21. The maximum absolute atomic E-state index is 9.13. The number of aryl methyl sites for hydroxylation is 1. The Hall–Kier alpha value is -1.18. The monoisotopic (exact) mass is 137 g/mol. The first-order valence-corrected chi connectivity index (χ1v) is 2.99. The SMILES string of the molecule is COc1[c]cc(C)c(O)c1. The predicted molar refractivity (Wildman–Crippen MR) is 38.2 cm³/mol. The highest BCUT2D eigenvalue weighted by Crippen LogP contribution is 2.21. The van der Waals surface area contributed by atoms with Crippen molar-refractivity contribution >= 4 is 0 Å². The minimum atomic E-state index is 0.246. The number of rotatable bonds is 1. The standard InChI is InChI=1S/C8H9O2/c1-6-3-4-7(10-2)5-8(6)9/h3,5,9H,1-2H3. The zero-order valence-electron chi connectivity index (χ0n) is 6.01. The molecule has 10 heavy (non-hydrogen) atoms. The summed E-state index contributed by atoms with van der Waals surface area (Å²) in [6, 6.07) is 6.07. The van der Waals surface area contributed by atoms with Gasteiger partial charge in [-0.15, -0.1) is 0 Å². The molecule has 0 atom stereocenters. The largest absolute Gasteiger partial charge is 0.508 e. The van der Waals surface area contributed by atoms with E-state index in [9.17, 15) is 0 Å². The summed E-state index contributed by atoms with van der Waals surface area (Å²) in [6.45, 7) is 1.81. The average Bonchev–Trinajstić information content (AvgIpc) is 1.95. The number of phenolic OH excluding ortho intramolecular Hbond substituents is 1. The molecule has 53 valence electrons. The maximum Gasteiger partial charge on any atom is 0.130 e. The van der Waals surface area contributed by atoms with Crippen LogP contribution in [0.2, 0.25) is 0 Å². The Bertz CT molecular complexity index is 231. The summed E-state index contributed by atoms with van der Waals surface area (Å²) >= 11 is 0. The summed E-state index contributed by atoms with van der Waals surface area (Å²) in [5.74, 6) is 0.804. The van der Waals surface area contributed by atoms with Gasteiger partial charge in [0, 0.05) is 12.1 Å². The number of hydrogen-bond donors (Lipinski definition) is 1. The Kier molecular flexibility index (Phi) is 1.81. The number of benzene rings is 1. The van der Waals surface area contributed by atoms with Gasteiger partial charge in [-0.2, -0.15) is 0 Å². The van der Waals surface area contributed by atoms with Crippen LogP contribution in [-0.2, 0) is 0 Å². The Morgan fingerprint density at radius 2 is 2.30 bits per heavy atom. The van der Waals surface area contributed by atoms with Gasteiger partial charge in [-0.3, -0.25) is 0 Å². The molecule has 0 saturated carbocycles. The molecule has 0 aromatic heterocycles. The van der Waals surface area contributed by atoms with E-state index in [0.29, 0.717) is 5.75 Å². The molecular weight excluding hydrogens is 128 g/mol. The van der Waals surface area contributed by atoms with E-state index in [1.807, 2.05) is 6.92 Å². The van der Waals surface area contributed by atoms with Crippen LogP contribution in [0.1, 0.15) is 5.56 Å². The second-order valence-electron chi connectivity index (χ2n) is 2.07. The van der Waals surface area contributed by atoms with E-state index >= 15 is 0 Å². The minimum Gasteiger partial charge on any atom is -0.508 e. The minimum absolute atomic E-state index is 0.246. The molecule has 1 radical (unpaired) electrons. The summed E-state index contributed by atoms with van der Waals surface area (Å²) in [5, 5.41) is 9.13. The summed E-state index contributed by atoms with van der Waals surface area (Å²) in [4.78, 5) is 0. The highest BCUT2D eigenvalue weighted by molar-refractivity contribution is 5.37. The molecule has 2 heteroatoms. The van der Waals surface area contributed by atoms with Gasteiger partial charge >= 0.3 is 0 Å². The Morgan fingerprint density at radius 1 is 1.60 bits per heavy atom. The molecule has 0 unspecified atom stereocenters. The van der Waals surface area contributed by atoms with E-state index in [2.05, 4.69) is 6.07 Å². The van der Waals surface area contributed by atoms with Crippen LogP contribution in [0.4, 0.5) is 0 Å². The van der Waals surface area contributed by atoms with Gasteiger partial charge in [-0.25, -0.2) is 0 Å². The quantitative estimate of drug-likeness (QED) is 0.635. The number of ether oxygens (including phenoxy) is 1. The molecule has 0 aliphatic rings. The Labute approximate surface area is 60.1 Å². The van der Waals surface area contributed by atoms with Crippen LogP contribution in [0.15, 0.2) is 12.1 Å². The molecule has 0 aliphatic carbocycles. The van der Waals surface area contributed by atoms with Crippen LogP contribution in [0.25, 0.3) is 0 Å². The normalized spacial score (nSPS) is 9.40. The predicted octanol–water partition coefficient (Wildman–Crippen LogP) is 1.51. The molecule has 2 nitrogen and oxygen atoms in total. The van der Waals surface area contributed by atoms with Gasteiger partial charge in [0.25, 0.3) is 0 Å². The third-order valence-corrected chi connectivity index (χ3v) is 1.32. The first kappa shape index (κ1) is 6.93. The van der Waals surface area contributed by atoms with Crippen molar-refractivity contribution in [2.75, 3.05) is 7.11 Å². The molecule has 1 N–H and O–H groups in total. The van der Waals surface area contributed by atoms with Crippen LogP contribution in [0, 0.1) is 13.0 Å². The molecule has 0 bridgehead atoms. The zero-order chi connectivity index (χ0) is 7.56. The van der Waals surface area contributed by atoms with Crippen molar-refractivity contribution in [3.63, 3.8) is 0 Å². The molecule has 0 amide bonds.